The highest BCUT2D eigenvalue weighted by Gasteiger charge is 2.08. The van der Waals surface area contributed by atoms with Gasteiger partial charge in [-0.3, -0.25) is 0 Å². The molecule has 0 aliphatic rings. The molecule has 0 amide bonds. The van der Waals surface area contributed by atoms with Gasteiger partial charge in [0.2, 0.25) is 0 Å². The summed E-state index contributed by atoms with van der Waals surface area (Å²) < 4.78 is 0. The summed E-state index contributed by atoms with van der Waals surface area (Å²) in [5.41, 5.74) is 1.84. The van der Waals surface area contributed by atoms with E-state index in [-0.39, 0.29) is 0 Å². The van der Waals surface area contributed by atoms with Crippen LogP contribution < -0.4 is 0 Å². The van der Waals surface area contributed by atoms with E-state index in [1.165, 1.54) is 0 Å². The molecule has 0 bridgehead atoms. The fourth-order valence-electron chi connectivity index (χ4n) is 2.29. The molecule has 0 spiro atoms. The fraction of sp³-hybridized carbons (Fsp3) is 0.250. The molecule has 0 radical (unpaired) electrons. The predicted molar refractivity (Wildman–Crippen MR) is 83.0 cm³/mol. The van der Waals surface area contributed by atoms with E-state index < -0.39 is 0 Å². The van der Waals surface area contributed by atoms with Gasteiger partial charge in [0.25, 0.3) is 0 Å². The van der Waals surface area contributed by atoms with E-state index in [4.69, 9.17) is 0 Å². The second-order valence-electron chi connectivity index (χ2n) is 5.09. The van der Waals surface area contributed by atoms with Gasteiger partial charge in [0.05, 0.1) is 0 Å². The largest absolute Gasteiger partial charge is 0.219 e. The summed E-state index contributed by atoms with van der Waals surface area (Å²) >= 11 is 0. The van der Waals surface area contributed by atoms with Crippen molar-refractivity contribution in [1.82, 2.24) is 29.9 Å². The molecule has 6 nitrogen and oxygen atoms in total. The van der Waals surface area contributed by atoms with Crippen molar-refractivity contribution in [3.8, 4) is 22.8 Å². The fourth-order valence-corrected chi connectivity index (χ4v) is 2.29. The lowest BCUT2D eigenvalue weighted by Gasteiger charge is -2.06. The third-order valence-electron chi connectivity index (χ3n) is 3.10. The third kappa shape index (κ3) is 2.95. The van der Waals surface area contributed by atoms with E-state index in [1.54, 1.807) is 0 Å². The lowest BCUT2D eigenvalue weighted by molar-refractivity contribution is 0.925. The van der Waals surface area contributed by atoms with Gasteiger partial charge < -0.3 is 0 Å². The van der Waals surface area contributed by atoms with Crippen molar-refractivity contribution in [2.75, 3.05) is 0 Å². The number of nitrogens with zero attached hydrogens (tertiary/aromatic N) is 6. The Kier molecular flexibility index (Phi) is 3.58. The summed E-state index contributed by atoms with van der Waals surface area (Å²) in [6.07, 6.45) is 0. The van der Waals surface area contributed by atoms with Gasteiger partial charge >= 0.3 is 0 Å². The van der Waals surface area contributed by atoms with Crippen LogP contribution in [0.25, 0.3) is 22.8 Å². The first-order valence-corrected chi connectivity index (χ1v) is 7.00. The number of aromatic nitrogens is 6. The normalized spacial score (nSPS) is 10.7. The van der Waals surface area contributed by atoms with Crippen LogP contribution in [0, 0.1) is 27.7 Å². The zero-order valence-electron chi connectivity index (χ0n) is 13.0. The molecule has 0 saturated heterocycles. The molecule has 0 aliphatic heterocycles. The van der Waals surface area contributed by atoms with Crippen LogP contribution in [0.1, 0.15) is 23.3 Å². The number of hydrogen-bond donors (Lipinski definition) is 0. The van der Waals surface area contributed by atoms with E-state index in [1.807, 2.05) is 52.0 Å². The van der Waals surface area contributed by atoms with Gasteiger partial charge in [-0.15, -0.1) is 0 Å². The maximum Gasteiger partial charge on any atom is 0.163 e. The topological polar surface area (TPSA) is 77.3 Å². The summed E-state index contributed by atoms with van der Waals surface area (Å²) in [4.78, 5) is 26.0. The quantitative estimate of drug-likeness (QED) is 0.722. The van der Waals surface area contributed by atoms with Gasteiger partial charge in [-0.1, -0.05) is 18.2 Å². The number of rotatable bonds is 2. The SMILES string of the molecule is Cc1nc(C)nc(-c2cccc(-c3nc(C)nc(C)n3)c2)n1. The molecule has 0 N–H and O–H groups in total. The molecule has 2 heterocycles. The van der Waals surface area contributed by atoms with Crippen LogP contribution in [0.15, 0.2) is 24.3 Å². The molecule has 0 unspecified atom stereocenters. The van der Waals surface area contributed by atoms with E-state index >= 15 is 0 Å². The van der Waals surface area contributed by atoms with Crippen LogP contribution in [0.3, 0.4) is 0 Å². The molecule has 110 valence electrons. The molecule has 0 atom stereocenters. The number of hydrogen-bond acceptors (Lipinski definition) is 6. The van der Waals surface area contributed by atoms with Gasteiger partial charge in [0.15, 0.2) is 11.6 Å². The first kappa shape index (κ1) is 14.2. The second-order valence-corrected chi connectivity index (χ2v) is 5.09. The molecule has 1 aromatic carbocycles. The first-order chi connectivity index (χ1) is 10.5. The highest BCUT2D eigenvalue weighted by atomic mass is 15.0. The predicted octanol–water partition coefficient (Wildman–Crippen LogP) is 2.62. The third-order valence-corrected chi connectivity index (χ3v) is 3.10. The van der Waals surface area contributed by atoms with Crippen LogP contribution in [0.5, 0.6) is 0 Å². The van der Waals surface area contributed by atoms with Crippen molar-refractivity contribution < 1.29 is 0 Å². The zero-order chi connectivity index (χ0) is 15.7. The van der Waals surface area contributed by atoms with Crippen molar-refractivity contribution in [2.45, 2.75) is 27.7 Å². The molecule has 2 aromatic heterocycles. The molecular weight excluding hydrogens is 276 g/mol. The molecule has 3 rings (SSSR count). The van der Waals surface area contributed by atoms with Crippen LogP contribution in [-0.2, 0) is 0 Å². The molecule has 6 heteroatoms. The van der Waals surface area contributed by atoms with Crippen LogP contribution >= 0.6 is 0 Å². The van der Waals surface area contributed by atoms with Crippen molar-refractivity contribution in [1.29, 1.82) is 0 Å². The highest BCUT2D eigenvalue weighted by molar-refractivity contribution is 5.65. The Balaban J connectivity index is 2.09. The minimum Gasteiger partial charge on any atom is -0.219 e. The summed E-state index contributed by atoms with van der Waals surface area (Å²) in [5, 5.41) is 0. The van der Waals surface area contributed by atoms with Gasteiger partial charge in [-0.05, 0) is 33.8 Å². The van der Waals surface area contributed by atoms with E-state index in [2.05, 4.69) is 29.9 Å². The Hall–Kier alpha value is -2.76. The molecule has 0 aliphatic carbocycles. The summed E-state index contributed by atoms with van der Waals surface area (Å²) in [5.74, 6) is 4.16. The maximum atomic E-state index is 4.40. The Labute approximate surface area is 128 Å². The standard InChI is InChI=1S/C16H16N6/c1-9-17-10(2)20-15(19-9)13-6-5-7-14(8-13)16-21-11(3)18-12(4)22-16/h5-8H,1-4H3. The molecule has 0 fully saturated rings. The van der Waals surface area contributed by atoms with Crippen LogP contribution in [-0.4, -0.2) is 29.9 Å². The van der Waals surface area contributed by atoms with E-state index in [9.17, 15) is 0 Å². The Morgan fingerprint density at radius 2 is 0.909 bits per heavy atom. The summed E-state index contributed by atoms with van der Waals surface area (Å²) in [6, 6.07) is 7.88. The van der Waals surface area contributed by atoms with Crippen LogP contribution in [0.4, 0.5) is 0 Å². The average molecular weight is 292 g/mol. The molecular formula is C16H16N6. The van der Waals surface area contributed by atoms with Crippen molar-refractivity contribution in [3.05, 3.63) is 47.6 Å². The first-order valence-electron chi connectivity index (χ1n) is 7.00. The Morgan fingerprint density at radius 3 is 1.27 bits per heavy atom. The van der Waals surface area contributed by atoms with Crippen molar-refractivity contribution in [2.24, 2.45) is 0 Å². The highest BCUT2D eigenvalue weighted by Crippen LogP contribution is 2.22. The van der Waals surface area contributed by atoms with E-state index in [0.29, 0.717) is 34.9 Å². The van der Waals surface area contributed by atoms with Crippen LogP contribution in [0.2, 0.25) is 0 Å². The van der Waals surface area contributed by atoms with Gasteiger partial charge in [0, 0.05) is 11.1 Å². The maximum absolute atomic E-state index is 4.40. The lowest BCUT2D eigenvalue weighted by atomic mass is 10.1. The minimum absolute atomic E-state index is 0.661. The second kappa shape index (κ2) is 5.55. The Morgan fingerprint density at radius 1 is 0.545 bits per heavy atom. The molecule has 0 saturated carbocycles. The number of benzene rings is 1. The lowest BCUT2D eigenvalue weighted by Crippen LogP contribution is -2.00. The van der Waals surface area contributed by atoms with Gasteiger partial charge in [-0.25, -0.2) is 29.9 Å². The van der Waals surface area contributed by atoms with Gasteiger partial charge in [-0.2, -0.15) is 0 Å². The number of aryl methyl sites for hydroxylation is 4. The zero-order valence-corrected chi connectivity index (χ0v) is 13.0. The Bertz CT molecular complexity index is 737. The summed E-state index contributed by atoms with van der Waals surface area (Å²) in [7, 11) is 0. The molecule has 22 heavy (non-hydrogen) atoms. The average Bonchev–Trinajstić information content (AvgIpc) is 2.45. The summed E-state index contributed by atoms with van der Waals surface area (Å²) in [6.45, 7) is 7.45. The van der Waals surface area contributed by atoms with Crippen molar-refractivity contribution >= 4 is 0 Å². The molecule has 3 aromatic rings. The van der Waals surface area contributed by atoms with Gasteiger partial charge in [0.1, 0.15) is 23.3 Å². The smallest absolute Gasteiger partial charge is 0.163 e. The van der Waals surface area contributed by atoms with E-state index in [0.717, 1.165) is 11.1 Å². The van der Waals surface area contributed by atoms with Crippen molar-refractivity contribution in [3.63, 3.8) is 0 Å². The monoisotopic (exact) mass is 292 g/mol. The minimum atomic E-state index is 0.661.